The van der Waals surface area contributed by atoms with E-state index in [0.717, 1.165) is 0 Å². The topological polar surface area (TPSA) is 63.6 Å². The van der Waals surface area contributed by atoms with Crippen LogP contribution in [0.4, 0.5) is 8.78 Å². The molecule has 0 spiro atoms. The van der Waals surface area contributed by atoms with Crippen LogP contribution in [0, 0.1) is 0 Å². The molecule has 114 valence electrons. The van der Waals surface area contributed by atoms with Crippen molar-refractivity contribution in [2.75, 3.05) is 7.11 Å². The van der Waals surface area contributed by atoms with Gasteiger partial charge in [0.25, 0.3) is 0 Å². The highest BCUT2D eigenvalue weighted by molar-refractivity contribution is 5.89. The minimum Gasteiger partial charge on any atom is -0.481 e. The predicted octanol–water partition coefficient (Wildman–Crippen LogP) is 3.00. The number of ether oxygens (including phenoxy) is 1. The van der Waals surface area contributed by atoms with Gasteiger partial charge in [0.1, 0.15) is 0 Å². The Morgan fingerprint density at radius 1 is 1.10 bits per heavy atom. The number of hydrogen-bond donors (Lipinski definition) is 1. The Morgan fingerprint density at radius 2 is 1.62 bits per heavy atom. The van der Waals surface area contributed by atoms with Gasteiger partial charge in [0.2, 0.25) is 5.92 Å². The van der Waals surface area contributed by atoms with Gasteiger partial charge >= 0.3 is 11.9 Å². The van der Waals surface area contributed by atoms with Gasteiger partial charge in [-0.05, 0) is 30.5 Å². The van der Waals surface area contributed by atoms with Crippen LogP contribution in [0.2, 0.25) is 0 Å². The van der Waals surface area contributed by atoms with E-state index in [1.54, 1.807) is 0 Å². The summed E-state index contributed by atoms with van der Waals surface area (Å²) < 4.78 is 31.1. The number of esters is 1. The maximum absolute atomic E-state index is 13.3. The van der Waals surface area contributed by atoms with E-state index in [9.17, 15) is 23.5 Å². The number of carbonyl (C=O) groups is 2. The molecule has 1 fully saturated rings. The number of halogens is 2. The van der Waals surface area contributed by atoms with Gasteiger partial charge in [-0.1, -0.05) is 12.1 Å². The molecule has 1 aromatic rings. The summed E-state index contributed by atoms with van der Waals surface area (Å²) >= 11 is 0. The number of benzene rings is 1. The fraction of sp³-hybridized carbons (Fsp3) is 0.467. The quantitative estimate of drug-likeness (QED) is 0.871. The summed E-state index contributed by atoms with van der Waals surface area (Å²) in [6.07, 6.45) is -1.13. The molecule has 0 saturated heterocycles. The largest absolute Gasteiger partial charge is 0.481 e. The molecule has 1 aromatic carbocycles. The molecule has 0 atom stereocenters. The van der Waals surface area contributed by atoms with E-state index in [1.807, 2.05) is 0 Å². The number of hydrogen-bond acceptors (Lipinski definition) is 3. The van der Waals surface area contributed by atoms with Gasteiger partial charge in [0.15, 0.2) is 0 Å². The highest BCUT2D eigenvalue weighted by Crippen LogP contribution is 2.45. The molecule has 0 bridgehead atoms. The Labute approximate surface area is 120 Å². The molecule has 1 saturated carbocycles. The Morgan fingerprint density at radius 3 is 2.05 bits per heavy atom. The molecular weight excluding hydrogens is 282 g/mol. The van der Waals surface area contributed by atoms with Crippen molar-refractivity contribution in [1.82, 2.24) is 0 Å². The second-order valence-corrected chi connectivity index (χ2v) is 5.31. The summed E-state index contributed by atoms with van der Waals surface area (Å²) in [6, 6.07) is 5.92. The van der Waals surface area contributed by atoms with Gasteiger partial charge in [-0.3, -0.25) is 4.79 Å². The minimum absolute atomic E-state index is 0.118. The standard InChI is InChI=1S/C15H16F2O4/c1-21-12(18)10-2-4-11(5-3-10)14(13(19)20)6-8-15(16,17)9-7-14/h2-5H,6-9H2,1H3,(H,19,20). The van der Waals surface area contributed by atoms with Crippen LogP contribution >= 0.6 is 0 Å². The van der Waals surface area contributed by atoms with Gasteiger partial charge in [-0.15, -0.1) is 0 Å². The molecule has 0 amide bonds. The first-order chi connectivity index (χ1) is 9.81. The number of carboxylic acids is 1. The van der Waals surface area contributed by atoms with E-state index in [1.165, 1.54) is 31.4 Å². The van der Waals surface area contributed by atoms with Crippen molar-refractivity contribution >= 4 is 11.9 Å². The summed E-state index contributed by atoms with van der Waals surface area (Å²) in [5.41, 5.74) is -0.572. The number of alkyl halides is 2. The second-order valence-electron chi connectivity index (χ2n) is 5.31. The SMILES string of the molecule is COC(=O)c1ccc(C2(C(=O)O)CCC(F)(F)CC2)cc1. The van der Waals surface area contributed by atoms with Crippen molar-refractivity contribution in [2.24, 2.45) is 0 Å². The Bertz CT molecular complexity index is 541. The van der Waals surface area contributed by atoms with Crippen LogP contribution < -0.4 is 0 Å². The third-order valence-corrected chi connectivity index (χ3v) is 4.10. The van der Waals surface area contributed by atoms with Gasteiger partial charge in [0.05, 0.1) is 18.1 Å². The molecular formula is C15H16F2O4. The third-order valence-electron chi connectivity index (χ3n) is 4.10. The first-order valence-corrected chi connectivity index (χ1v) is 6.61. The van der Waals surface area contributed by atoms with Crippen molar-refractivity contribution in [3.8, 4) is 0 Å². The van der Waals surface area contributed by atoms with Gasteiger partial charge < -0.3 is 9.84 Å². The highest BCUT2D eigenvalue weighted by atomic mass is 19.3. The van der Waals surface area contributed by atoms with E-state index in [2.05, 4.69) is 4.74 Å². The van der Waals surface area contributed by atoms with Crippen LogP contribution in [-0.4, -0.2) is 30.1 Å². The van der Waals surface area contributed by atoms with Crippen LogP contribution in [0.3, 0.4) is 0 Å². The van der Waals surface area contributed by atoms with Gasteiger partial charge in [-0.25, -0.2) is 13.6 Å². The monoisotopic (exact) mass is 298 g/mol. The smallest absolute Gasteiger partial charge is 0.337 e. The summed E-state index contributed by atoms with van der Waals surface area (Å²) in [5, 5.41) is 9.50. The fourth-order valence-corrected chi connectivity index (χ4v) is 2.71. The second kappa shape index (κ2) is 5.42. The average molecular weight is 298 g/mol. The van der Waals surface area contributed by atoms with Crippen molar-refractivity contribution in [2.45, 2.75) is 37.0 Å². The normalized spacial score (nSPS) is 19.8. The van der Waals surface area contributed by atoms with Crippen LogP contribution in [-0.2, 0) is 14.9 Å². The van der Waals surface area contributed by atoms with Gasteiger partial charge in [0, 0.05) is 12.8 Å². The first kappa shape index (κ1) is 15.4. The lowest BCUT2D eigenvalue weighted by Crippen LogP contribution is -2.42. The molecule has 0 aliphatic heterocycles. The predicted molar refractivity (Wildman–Crippen MR) is 70.5 cm³/mol. The van der Waals surface area contributed by atoms with Crippen LogP contribution in [0.5, 0.6) is 0 Å². The molecule has 1 aliphatic rings. The van der Waals surface area contributed by atoms with Crippen LogP contribution in [0.1, 0.15) is 41.6 Å². The van der Waals surface area contributed by atoms with Gasteiger partial charge in [-0.2, -0.15) is 0 Å². The molecule has 2 rings (SSSR count). The summed E-state index contributed by atoms with van der Waals surface area (Å²) in [6.45, 7) is 0. The molecule has 21 heavy (non-hydrogen) atoms. The van der Waals surface area contributed by atoms with E-state index in [0.29, 0.717) is 11.1 Å². The molecule has 1 aliphatic carbocycles. The minimum atomic E-state index is -2.80. The van der Waals surface area contributed by atoms with Crippen LogP contribution in [0.15, 0.2) is 24.3 Å². The number of aliphatic carboxylic acids is 1. The third kappa shape index (κ3) is 2.89. The number of methoxy groups -OCH3 is 1. The fourth-order valence-electron chi connectivity index (χ4n) is 2.71. The first-order valence-electron chi connectivity index (χ1n) is 6.61. The lowest BCUT2D eigenvalue weighted by molar-refractivity contribution is -0.149. The van der Waals surface area contributed by atoms with Crippen molar-refractivity contribution in [3.05, 3.63) is 35.4 Å². The Balaban J connectivity index is 2.32. The number of carboxylic acid groups (broad SMARTS) is 1. The molecule has 1 N–H and O–H groups in total. The zero-order valence-electron chi connectivity index (χ0n) is 11.6. The van der Waals surface area contributed by atoms with E-state index in [4.69, 9.17) is 0 Å². The van der Waals surface area contributed by atoms with E-state index in [-0.39, 0.29) is 12.8 Å². The van der Waals surface area contributed by atoms with E-state index >= 15 is 0 Å². The molecule has 0 aromatic heterocycles. The molecule has 0 unspecified atom stereocenters. The highest BCUT2D eigenvalue weighted by Gasteiger charge is 2.49. The van der Waals surface area contributed by atoms with Crippen molar-refractivity contribution < 1.29 is 28.2 Å². The summed E-state index contributed by atoms with van der Waals surface area (Å²) in [5.74, 6) is -4.44. The molecule has 0 radical (unpaired) electrons. The van der Waals surface area contributed by atoms with Crippen molar-refractivity contribution in [3.63, 3.8) is 0 Å². The molecule has 6 heteroatoms. The van der Waals surface area contributed by atoms with E-state index < -0.39 is 36.1 Å². The maximum atomic E-state index is 13.3. The molecule has 0 heterocycles. The number of carbonyl (C=O) groups excluding carboxylic acids is 1. The maximum Gasteiger partial charge on any atom is 0.337 e. The number of rotatable bonds is 3. The Kier molecular flexibility index (Phi) is 3.98. The van der Waals surface area contributed by atoms with Crippen molar-refractivity contribution in [1.29, 1.82) is 0 Å². The summed E-state index contributed by atoms with van der Waals surface area (Å²) in [4.78, 5) is 23.0. The lowest BCUT2D eigenvalue weighted by atomic mass is 9.68. The average Bonchev–Trinajstić information content (AvgIpc) is 2.47. The Hall–Kier alpha value is -1.98. The van der Waals surface area contributed by atoms with Crippen LogP contribution in [0.25, 0.3) is 0 Å². The lowest BCUT2D eigenvalue weighted by Gasteiger charge is -2.37. The zero-order valence-corrected chi connectivity index (χ0v) is 11.6. The molecule has 4 nitrogen and oxygen atoms in total. The zero-order chi connectivity index (χ0) is 15.7. The summed E-state index contributed by atoms with van der Waals surface area (Å²) in [7, 11) is 1.25.